The largest absolute Gasteiger partial charge is 0.507 e. The van der Waals surface area contributed by atoms with Gasteiger partial charge in [0, 0.05) is 22.9 Å². The number of nitrogens with zero attached hydrogens (tertiary/aromatic N) is 2. The lowest BCUT2D eigenvalue weighted by Crippen LogP contribution is -2.12. The van der Waals surface area contributed by atoms with E-state index in [0.29, 0.717) is 5.75 Å². The summed E-state index contributed by atoms with van der Waals surface area (Å²) < 4.78 is 1.10. The Morgan fingerprint density at radius 1 is 0.674 bits per heavy atom. The number of pyridine rings is 1. The van der Waals surface area contributed by atoms with E-state index in [2.05, 4.69) is 125 Å². The smallest absolute Gasteiger partial charge is 0.129 e. The van der Waals surface area contributed by atoms with Crippen molar-refractivity contribution in [3.63, 3.8) is 0 Å². The number of benzene rings is 4. The zero-order valence-electron chi connectivity index (χ0n) is 25.8. The van der Waals surface area contributed by atoms with E-state index in [-0.39, 0.29) is 10.8 Å². The molecule has 3 nitrogen and oxygen atoms in total. The highest BCUT2D eigenvalue weighted by Crippen LogP contribution is 2.44. The van der Waals surface area contributed by atoms with Crippen molar-refractivity contribution in [2.75, 3.05) is 0 Å². The third-order valence-electron chi connectivity index (χ3n) is 7.95. The first-order valence-electron chi connectivity index (χ1n) is 14.8. The monoisotopic (exact) mass is 582 g/mol. The minimum atomic E-state index is -0.220. The molecule has 4 aromatic carbocycles. The van der Waals surface area contributed by atoms with Crippen LogP contribution in [-0.2, 0) is 17.3 Å². The molecular formula is C39H38N2OS. The number of thiazole rings is 1. The zero-order chi connectivity index (χ0) is 30.4. The van der Waals surface area contributed by atoms with Crippen molar-refractivity contribution in [2.45, 2.75) is 58.8 Å². The lowest BCUT2D eigenvalue weighted by molar-refractivity contribution is 0.448. The molecule has 6 aromatic rings. The van der Waals surface area contributed by atoms with Crippen LogP contribution in [0.2, 0.25) is 0 Å². The summed E-state index contributed by atoms with van der Waals surface area (Å²) in [7, 11) is 0. The van der Waals surface area contributed by atoms with Gasteiger partial charge in [0.2, 0.25) is 0 Å². The minimum Gasteiger partial charge on any atom is -0.507 e. The Hall–Kier alpha value is -4.28. The molecule has 2 heterocycles. The van der Waals surface area contributed by atoms with Gasteiger partial charge in [-0.2, -0.15) is 0 Å². The standard InChI is InChI=1S/C39H38N2OS/c1-38(2,3)29-23-27(22-28(24-29)33-16-10-11-18-40-33)30-15-12-17-34-35(30)41-37(43-34)31-20-26(19-25-13-8-7-9-14-25)21-32(36(31)42)39(4,5)6/h7-18,20-24,42H,19H2,1-6H3. The fourth-order valence-corrected chi connectivity index (χ4v) is 6.57. The highest BCUT2D eigenvalue weighted by molar-refractivity contribution is 7.21. The Labute approximate surface area is 258 Å². The Kier molecular flexibility index (Phi) is 7.43. The molecule has 0 atom stereocenters. The van der Waals surface area contributed by atoms with Gasteiger partial charge in [0.25, 0.3) is 0 Å². The second-order valence-corrected chi connectivity index (χ2v) is 14.4. The van der Waals surface area contributed by atoms with Gasteiger partial charge in [0.15, 0.2) is 0 Å². The van der Waals surface area contributed by atoms with Crippen molar-refractivity contribution < 1.29 is 5.11 Å². The third-order valence-corrected chi connectivity index (χ3v) is 9.00. The molecule has 0 spiro atoms. The first-order chi connectivity index (χ1) is 20.5. The summed E-state index contributed by atoms with van der Waals surface area (Å²) in [6.07, 6.45) is 2.64. The summed E-state index contributed by atoms with van der Waals surface area (Å²) in [5.41, 5.74) is 10.3. The number of fused-ring (bicyclic) bond motifs is 1. The van der Waals surface area contributed by atoms with Crippen molar-refractivity contribution in [1.82, 2.24) is 9.97 Å². The number of phenols is 1. The van der Waals surface area contributed by atoms with Gasteiger partial charge in [-0.15, -0.1) is 11.3 Å². The van der Waals surface area contributed by atoms with Crippen LogP contribution < -0.4 is 0 Å². The van der Waals surface area contributed by atoms with Crippen LogP contribution >= 0.6 is 11.3 Å². The molecule has 4 heteroatoms. The van der Waals surface area contributed by atoms with Gasteiger partial charge < -0.3 is 5.11 Å². The molecule has 0 aliphatic rings. The predicted molar refractivity (Wildman–Crippen MR) is 182 cm³/mol. The molecule has 2 aromatic heterocycles. The fraction of sp³-hybridized carbons (Fsp3) is 0.231. The second kappa shape index (κ2) is 11.1. The number of rotatable bonds is 5. The maximum Gasteiger partial charge on any atom is 0.129 e. The average molecular weight is 583 g/mol. The van der Waals surface area contributed by atoms with E-state index in [1.165, 1.54) is 16.7 Å². The summed E-state index contributed by atoms with van der Waals surface area (Å²) in [6, 6.07) is 34.0. The molecule has 43 heavy (non-hydrogen) atoms. The molecule has 0 saturated heterocycles. The highest BCUT2D eigenvalue weighted by atomic mass is 32.1. The molecule has 6 rings (SSSR count). The van der Waals surface area contributed by atoms with Gasteiger partial charge >= 0.3 is 0 Å². The molecule has 0 aliphatic heterocycles. The lowest BCUT2D eigenvalue weighted by atomic mass is 9.83. The number of phenolic OH excluding ortho intramolecular Hbond substituents is 1. The molecule has 0 amide bonds. The molecule has 0 radical (unpaired) electrons. The summed E-state index contributed by atoms with van der Waals surface area (Å²) >= 11 is 1.63. The van der Waals surface area contributed by atoms with Crippen LogP contribution in [0.25, 0.3) is 43.2 Å². The second-order valence-electron chi connectivity index (χ2n) is 13.4. The van der Waals surface area contributed by atoms with Crippen LogP contribution in [0.1, 0.15) is 63.8 Å². The number of para-hydroxylation sites is 1. The van der Waals surface area contributed by atoms with Gasteiger partial charge in [-0.25, -0.2) is 4.98 Å². The Morgan fingerprint density at radius 2 is 1.42 bits per heavy atom. The first kappa shape index (κ1) is 28.8. The van der Waals surface area contributed by atoms with Gasteiger partial charge in [0.1, 0.15) is 10.8 Å². The number of aromatic hydroxyl groups is 1. The summed E-state index contributed by atoms with van der Waals surface area (Å²) in [4.78, 5) is 9.88. The van der Waals surface area contributed by atoms with Crippen LogP contribution in [0.5, 0.6) is 5.75 Å². The third kappa shape index (κ3) is 5.98. The van der Waals surface area contributed by atoms with Crippen LogP contribution in [-0.4, -0.2) is 15.1 Å². The highest BCUT2D eigenvalue weighted by Gasteiger charge is 2.24. The van der Waals surface area contributed by atoms with Gasteiger partial charge in [0.05, 0.1) is 21.5 Å². The van der Waals surface area contributed by atoms with E-state index in [1.807, 2.05) is 24.4 Å². The maximum absolute atomic E-state index is 11.6. The maximum atomic E-state index is 11.6. The SMILES string of the molecule is CC(C)(C)c1cc(-c2ccccn2)cc(-c2cccc3sc(-c4cc(Cc5ccccc5)cc(C(C)(C)C)c4O)nc23)c1. The molecule has 0 bridgehead atoms. The summed E-state index contributed by atoms with van der Waals surface area (Å²) in [6.45, 7) is 13.2. The topological polar surface area (TPSA) is 46.0 Å². The zero-order valence-corrected chi connectivity index (χ0v) is 26.6. The summed E-state index contributed by atoms with van der Waals surface area (Å²) in [5, 5.41) is 12.5. The Balaban J connectivity index is 1.52. The quantitative estimate of drug-likeness (QED) is 0.220. The van der Waals surface area contributed by atoms with Crippen LogP contribution in [0.15, 0.2) is 103 Å². The molecule has 0 fully saturated rings. The van der Waals surface area contributed by atoms with Crippen molar-refractivity contribution in [3.05, 3.63) is 126 Å². The Morgan fingerprint density at radius 3 is 2.12 bits per heavy atom. The molecular weight excluding hydrogens is 545 g/mol. The number of hydrogen-bond donors (Lipinski definition) is 1. The van der Waals surface area contributed by atoms with E-state index in [9.17, 15) is 5.11 Å². The van der Waals surface area contributed by atoms with E-state index in [1.54, 1.807) is 11.3 Å². The van der Waals surface area contributed by atoms with Crippen LogP contribution in [0.4, 0.5) is 0 Å². The average Bonchev–Trinajstić information content (AvgIpc) is 3.42. The van der Waals surface area contributed by atoms with Crippen molar-refractivity contribution in [3.8, 4) is 38.7 Å². The normalized spacial score (nSPS) is 12.1. The van der Waals surface area contributed by atoms with E-state index < -0.39 is 0 Å². The van der Waals surface area contributed by atoms with Crippen molar-refractivity contribution in [1.29, 1.82) is 0 Å². The van der Waals surface area contributed by atoms with Crippen molar-refractivity contribution >= 4 is 21.6 Å². The molecule has 0 saturated carbocycles. The minimum absolute atomic E-state index is 0.0327. The molecule has 216 valence electrons. The first-order valence-corrected chi connectivity index (χ1v) is 15.7. The van der Waals surface area contributed by atoms with E-state index in [4.69, 9.17) is 4.98 Å². The van der Waals surface area contributed by atoms with Gasteiger partial charge in [-0.1, -0.05) is 102 Å². The molecule has 1 N–H and O–H groups in total. The number of aromatic nitrogens is 2. The Bertz CT molecular complexity index is 1910. The van der Waals surface area contributed by atoms with E-state index >= 15 is 0 Å². The van der Waals surface area contributed by atoms with E-state index in [0.717, 1.165) is 55.2 Å². The molecule has 0 aliphatic carbocycles. The van der Waals surface area contributed by atoms with Gasteiger partial charge in [-0.3, -0.25) is 4.98 Å². The van der Waals surface area contributed by atoms with Crippen LogP contribution in [0, 0.1) is 0 Å². The molecule has 0 unspecified atom stereocenters. The van der Waals surface area contributed by atoms with Crippen LogP contribution in [0.3, 0.4) is 0 Å². The fourth-order valence-electron chi connectivity index (χ4n) is 5.56. The van der Waals surface area contributed by atoms with Crippen molar-refractivity contribution in [2.24, 2.45) is 0 Å². The lowest BCUT2D eigenvalue weighted by Gasteiger charge is -2.23. The number of hydrogen-bond acceptors (Lipinski definition) is 4. The summed E-state index contributed by atoms with van der Waals surface area (Å²) in [5.74, 6) is 0.317. The predicted octanol–water partition coefficient (Wildman–Crippen LogP) is 10.6. The van der Waals surface area contributed by atoms with Gasteiger partial charge in [-0.05, 0) is 75.9 Å².